The van der Waals surface area contributed by atoms with E-state index in [1.165, 1.54) is 0 Å². The molecule has 0 bridgehead atoms. The minimum absolute atomic E-state index is 0.211. The fourth-order valence-corrected chi connectivity index (χ4v) is 3.57. The van der Waals surface area contributed by atoms with E-state index in [0.717, 1.165) is 36.4 Å². The Kier molecular flexibility index (Phi) is 4.43. The normalized spacial score (nSPS) is 21.7. The van der Waals surface area contributed by atoms with Crippen LogP contribution in [0.3, 0.4) is 0 Å². The van der Waals surface area contributed by atoms with Crippen molar-refractivity contribution in [3.63, 3.8) is 0 Å². The minimum atomic E-state index is 0.211. The maximum Gasteiger partial charge on any atom is 0.222 e. The molecule has 0 saturated carbocycles. The van der Waals surface area contributed by atoms with Crippen LogP contribution < -0.4 is 4.90 Å². The molecule has 2 aromatic rings. The molecule has 1 N–H and O–H groups in total. The Hall–Kier alpha value is -1.82. The molecule has 2 unspecified atom stereocenters. The molecular weight excluding hydrogens is 314 g/mol. The number of fused-ring (bicyclic) bond motifs is 1. The van der Waals surface area contributed by atoms with E-state index in [-0.39, 0.29) is 11.9 Å². The Morgan fingerprint density at radius 2 is 2.30 bits per heavy atom. The molecule has 1 aliphatic heterocycles. The number of rotatable bonds is 3. The molecule has 124 valence electrons. The van der Waals surface area contributed by atoms with Crippen molar-refractivity contribution >= 4 is 34.4 Å². The third kappa shape index (κ3) is 2.87. The summed E-state index contributed by atoms with van der Waals surface area (Å²) in [5.41, 5.74) is 0.733. The second kappa shape index (κ2) is 6.35. The zero-order valence-electron chi connectivity index (χ0n) is 13.7. The van der Waals surface area contributed by atoms with Gasteiger partial charge in [0.2, 0.25) is 5.91 Å². The van der Waals surface area contributed by atoms with Gasteiger partial charge in [0.05, 0.1) is 16.5 Å². The van der Waals surface area contributed by atoms with E-state index in [9.17, 15) is 4.79 Å². The fraction of sp³-hybridized carbons (Fsp3) is 0.562. The molecule has 6 nitrogen and oxygen atoms in total. The van der Waals surface area contributed by atoms with E-state index in [2.05, 4.69) is 26.8 Å². The average molecular weight is 336 g/mol. The number of hydrogen-bond acceptors (Lipinski definition) is 4. The van der Waals surface area contributed by atoms with Gasteiger partial charge in [-0.05, 0) is 12.3 Å². The Labute approximate surface area is 140 Å². The van der Waals surface area contributed by atoms with Crippen LogP contribution in [-0.2, 0) is 4.79 Å². The number of H-pyrrole nitrogens is 1. The van der Waals surface area contributed by atoms with E-state index in [1.54, 1.807) is 12.5 Å². The molecule has 1 saturated heterocycles. The zero-order chi connectivity index (χ0) is 16.6. The van der Waals surface area contributed by atoms with Gasteiger partial charge in [-0.1, -0.05) is 25.4 Å². The number of carbonyl (C=O) groups excluding carboxylic acids is 1. The van der Waals surface area contributed by atoms with E-state index in [1.807, 2.05) is 18.9 Å². The first kappa shape index (κ1) is 16.1. The molecule has 2 atom stereocenters. The van der Waals surface area contributed by atoms with Crippen molar-refractivity contribution in [3.05, 3.63) is 17.5 Å². The number of aromatic nitrogens is 3. The summed E-state index contributed by atoms with van der Waals surface area (Å²) in [7, 11) is 2.02. The topological polar surface area (TPSA) is 65.1 Å². The number of piperidine rings is 1. The van der Waals surface area contributed by atoms with Gasteiger partial charge in [0.25, 0.3) is 0 Å². The summed E-state index contributed by atoms with van der Waals surface area (Å²) in [6.45, 7) is 5.69. The number of carbonyl (C=O) groups is 1. The highest BCUT2D eigenvalue weighted by atomic mass is 35.5. The van der Waals surface area contributed by atoms with Gasteiger partial charge >= 0.3 is 0 Å². The first-order chi connectivity index (χ1) is 11.0. The molecular formula is C16H22ClN5O. The van der Waals surface area contributed by atoms with Crippen LogP contribution in [0.15, 0.2) is 12.5 Å². The monoisotopic (exact) mass is 335 g/mol. The highest BCUT2D eigenvalue weighted by Gasteiger charge is 2.32. The van der Waals surface area contributed by atoms with E-state index >= 15 is 0 Å². The van der Waals surface area contributed by atoms with Gasteiger partial charge in [0, 0.05) is 32.8 Å². The fourth-order valence-electron chi connectivity index (χ4n) is 3.34. The van der Waals surface area contributed by atoms with Gasteiger partial charge in [-0.25, -0.2) is 9.97 Å². The van der Waals surface area contributed by atoms with Crippen molar-refractivity contribution in [2.24, 2.45) is 5.92 Å². The van der Waals surface area contributed by atoms with Crippen LogP contribution in [0.25, 0.3) is 11.0 Å². The zero-order valence-corrected chi connectivity index (χ0v) is 14.5. The number of likely N-dealkylation sites (tertiary alicyclic amines) is 1. The molecule has 1 amide bonds. The van der Waals surface area contributed by atoms with Crippen molar-refractivity contribution in [2.45, 2.75) is 32.7 Å². The summed E-state index contributed by atoms with van der Waals surface area (Å²) in [4.78, 5) is 27.9. The lowest BCUT2D eigenvalue weighted by atomic mass is 9.92. The minimum Gasteiger partial charge on any atom is -0.354 e. The summed E-state index contributed by atoms with van der Waals surface area (Å²) in [5, 5.41) is 1.45. The van der Waals surface area contributed by atoms with Crippen LogP contribution in [0.2, 0.25) is 5.02 Å². The van der Waals surface area contributed by atoms with E-state index in [0.29, 0.717) is 17.4 Å². The number of nitrogens with zero attached hydrogens (tertiary/aromatic N) is 4. The van der Waals surface area contributed by atoms with Crippen LogP contribution in [0.4, 0.5) is 5.82 Å². The Morgan fingerprint density at radius 1 is 1.52 bits per heavy atom. The second-order valence-electron chi connectivity index (χ2n) is 6.20. The number of aromatic amines is 1. The molecule has 0 aliphatic carbocycles. The molecule has 7 heteroatoms. The van der Waals surface area contributed by atoms with Gasteiger partial charge in [0.1, 0.15) is 17.8 Å². The number of anilines is 1. The molecule has 1 fully saturated rings. The molecule has 23 heavy (non-hydrogen) atoms. The van der Waals surface area contributed by atoms with Crippen LogP contribution in [0.5, 0.6) is 0 Å². The number of amides is 1. The second-order valence-corrected chi connectivity index (χ2v) is 6.60. The molecule has 0 radical (unpaired) electrons. The third-order valence-electron chi connectivity index (χ3n) is 4.81. The summed E-state index contributed by atoms with van der Waals surface area (Å²) in [6.07, 6.45) is 4.82. The lowest BCUT2D eigenvalue weighted by molar-refractivity contribution is -0.132. The van der Waals surface area contributed by atoms with Gasteiger partial charge in [-0.15, -0.1) is 0 Å². The van der Waals surface area contributed by atoms with E-state index < -0.39 is 0 Å². The Morgan fingerprint density at radius 3 is 3.04 bits per heavy atom. The quantitative estimate of drug-likeness (QED) is 0.936. The highest BCUT2D eigenvalue weighted by molar-refractivity contribution is 6.36. The van der Waals surface area contributed by atoms with Crippen LogP contribution >= 0.6 is 11.6 Å². The predicted molar refractivity (Wildman–Crippen MR) is 91.7 cm³/mol. The smallest absolute Gasteiger partial charge is 0.222 e. The van der Waals surface area contributed by atoms with Gasteiger partial charge in [0.15, 0.2) is 0 Å². The summed E-state index contributed by atoms with van der Waals surface area (Å²) < 4.78 is 0. The van der Waals surface area contributed by atoms with Crippen molar-refractivity contribution in [1.82, 2.24) is 19.9 Å². The van der Waals surface area contributed by atoms with Gasteiger partial charge in [-0.2, -0.15) is 0 Å². The number of nitrogens with one attached hydrogen (secondary N) is 1. The SMILES string of the molecule is CCC(=O)N1CCC(C)C(N(C)c2ncnc3[nH]cc(Cl)c23)C1. The van der Waals surface area contributed by atoms with Crippen LogP contribution in [-0.4, -0.2) is 51.9 Å². The molecule has 0 aromatic carbocycles. The first-order valence-electron chi connectivity index (χ1n) is 8.01. The summed E-state index contributed by atoms with van der Waals surface area (Å²) in [6, 6.07) is 0.211. The van der Waals surface area contributed by atoms with Crippen molar-refractivity contribution < 1.29 is 4.79 Å². The summed E-state index contributed by atoms with van der Waals surface area (Å²) >= 11 is 6.30. The van der Waals surface area contributed by atoms with Gasteiger partial charge < -0.3 is 14.8 Å². The molecule has 2 aromatic heterocycles. The van der Waals surface area contributed by atoms with Crippen LogP contribution in [0, 0.1) is 5.92 Å². The first-order valence-corrected chi connectivity index (χ1v) is 8.38. The standard InChI is InChI=1S/C16H22ClN5O/c1-4-13(23)22-6-5-10(2)12(8-22)21(3)16-14-11(17)7-18-15(14)19-9-20-16/h7,9-10,12H,4-6,8H2,1-3H3,(H,18,19,20). The van der Waals surface area contributed by atoms with Crippen LogP contribution in [0.1, 0.15) is 26.7 Å². The van der Waals surface area contributed by atoms with E-state index in [4.69, 9.17) is 11.6 Å². The lowest BCUT2D eigenvalue weighted by Crippen LogP contribution is -2.52. The highest BCUT2D eigenvalue weighted by Crippen LogP contribution is 2.32. The van der Waals surface area contributed by atoms with Crippen molar-refractivity contribution in [1.29, 1.82) is 0 Å². The predicted octanol–water partition coefficient (Wildman–Crippen LogP) is 2.69. The molecule has 3 rings (SSSR count). The summed E-state index contributed by atoms with van der Waals surface area (Å²) in [5.74, 6) is 1.50. The number of halogens is 1. The Balaban J connectivity index is 1.92. The van der Waals surface area contributed by atoms with Crippen molar-refractivity contribution in [2.75, 3.05) is 25.0 Å². The number of hydrogen-bond donors (Lipinski definition) is 1. The molecule has 3 heterocycles. The maximum atomic E-state index is 12.1. The molecule has 0 spiro atoms. The third-order valence-corrected chi connectivity index (χ3v) is 5.11. The Bertz CT molecular complexity index is 716. The molecule has 1 aliphatic rings. The average Bonchev–Trinajstić information content (AvgIpc) is 2.95. The van der Waals surface area contributed by atoms with Gasteiger partial charge in [-0.3, -0.25) is 4.79 Å². The van der Waals surface area contributed by atoms with Crippen molar-refractivity contribution in [3.8, 4) is 0 Å². The maximum absolute atomic E-state index is 12.1. The largest absolute Gasteiger partial charge is 0.354 e. The number of likely N-dealkylation sites (N-methyl/N-ethyl adjacent to an activating group) is 1. The lowest BCUT2D eigenvalue weighted by Gasteiger charge is -2.42.